The van der Waals surface area contributed by atoms with Gasteiger partial charge in [-0.05, 0) is 37.1 Å². The second kappa shape index (κ2) is 8.20. The first kappa shape index (κ1) is 19.5. The Bertz CT molecular complexity index is 871. The predicted molar refractivity (Wildman–Crippen MR) is 101 cm³/mol. The minimum atomic E-state index is -3.46. The molecule has 146 valence electrons. The minimum Gasteiger partial charge on any atom is -0.497 e. The van der Waals surface area contributed by atoms with Crippen molar-refractivity contribution in [3.05, 3.63) is 42.4 Å². The summed E-state index contributed by atoms with van der Waals surface area (Å²) in [7, 11) is 1.23. The van der Waals surface area contributed by atoms with Gasteiger partial charge in [0.15, 0.2) is 0 Å². The van der Waals surface area contributed by atoms with Crippen molar-refractivity contribution in [3.8, 4) is 17.4 Å². The van der Waals surface area contributed by atoms with E-state index in [1.165, 1.54) is 8.61 Å². The first-order chi connectivity index (χ1) is 12.9. The van der Waals surface area contributed by atoms with Crippen molar-refractivity contribution in [2.45, 2.75) is 18.8 Å². The molecule has 0 aliphatic carbocycles. The molecule has 2 heterocycles. The maximum absolute atomic E-state index is 12.5. The number of hydrogen-bond donors (Lipinski definition) is 0. The highest BCUT2D eigenvalue weighted by molar-refractivity contribution is 7.86. The average Bonchev–Trinajstić information content (AvgIpc) is 2.69. The van der Waals surface area contributed by atoms with Crippen LogP contribution in [-0.2, 0) is 10.2 Å². The van der Waals surface area contributed by atoms with Crippen molar-refractivity contribution in [2.75, 3.05) is 34.3 Å². The standard InChI is InChI=1S/C18H24N4O4S/c1-21(2)27(23,24)22-12-4-5-14(13-22)17-18(20-11-10-19-17)26-16-8-6-15(25-3)7-9-16/h6-11,14H,4-5,12-13H2,1-3H3/t14-/m0/s1. The van der Waals surface area contributed by atoms with Crippen LogP contribution in [0.4, 0.5) is 0 Å². The van der Waals surface area contributed by atoms with Gasteiger partial charge in [-0.3, -0.25) is 4.98 Å². The van der Waals surface area contributed by atoms with Gasteiger partial charge in [0.05, 0.1) is 7.11 Å². The van der Waals surface area contributed by atoms with Crippen molar-refractivity contribution < 1.29 is 17.9 Å². The Morgan fingerprint density at radius 3 is 2.44 bits per heavy atom. The first-order valence-electron chi connectivity index (χ1n) is 8.72. The molecule has 0 amide bonds. The number of methoxy groups -OCH3 is 1. The van der Waals surface area contributed by atoms with Gasteiger partial charge in [-0.1, -0.05) is 0 Å². The zero-order valence-corrected chi connectivity index (χ0v) is 16.5. The minimum absolute atomic E-state index is 0.0737. The van der Waals surface area contributed by atoms with Crippen LogP contribution >= 0.6 is 0 Å². The van der Waals surface area contributed by atoms with Crippen LogP contribution in [0, 0.1) is 0 Å². The van der Waals surface area contributed by atoms with Crippen LogP contribution in [0.5, 0.6) is 17.4 Å². The predicted octanol–water partition coefficient (Wildman–Crippen LogP) is 2.26. The summed E-state index contributed by atoms with van der Waals surface area (Å²) in [5.41, 5.74) is 0.673. The molecule has 0 N–H and O–H groups in total. The van der Waals surface area contributed by atoms with Crippen molar-refractivity contribution in [2.24, 2.45) is 0 Å². The lowest BCUT2D eigenvalue weighted by atomic mass is 9.96. The summed E-state index contributed by atoms with van der Waals surface area (Å²) in [6, 6.07) is 7.19. The second-order valence-electron chi connectivity index (χ2n) is 6.51. The molecule has 0 unspecified atom stereocenters. The summed E-state index contributed by atoms with van der Waals surface area (Å²) in [4.78, 5) is 8.77. The van der Waals surface area contributed by atoms with Crippen molar-refractivity contribution in [3.63, 3.8) is 0 Å². The van der Waals surface area contributed by atoms with Crippen LogP contribution in [0.1, 0.15) is 24.5 Å². The van der Waals surface area contributed by atoms with Gasteiger partial charge in [0.25, 0.3) is 10.2 Å². The van der Waals surface area contributed by atoms with Gasteiger partial charge in [0, 0.05) is 45.5 Å². The van der Waals surface area contributed by atoms with Crippen LogP contribution in [0.15, 0.2) is 36.7 Å². The van der Waals surface area contributed by atoms with Crippen LogP contribution in [0.3, 0.4) is 0 Å². The molecule has 27 heavy (non-hydrogen) atoms. The molecular formula is C18H24N4O4S. The fourth-order valence-corrected chi connectivity index (χ4v) is 4.25. The Hall–Kier alpha value is -2.23. The SMILES string of the molecule is COc1ccc(Oc2nccnc2[C@H]2CCCN(S(=O)(=O)N(C)C)C2)cc1. The molecule has 1 aromatic carbocycles. The Balaban J connectivity index is 1.82. The molecule has 1 aromatic heterocycles. The number of rotatable bonds is 6. The summed E-state index contributed by atoms with van der Waals surface area (Å²) in [5, 5.41) is 0. The topological polar surface area (TPSA) is 84.9 Å². The molecule has 0 bridgehead atoms. The molecule has 0 radical (unpaired) electrons. The van der Waals surface area contributed by atoms with Gasteiger partial charge in [-0.2, -0.15) is 17.0 Å². The highest BCUT2D eigenvalue weighted by Crippen LogP contribution is 2.33. The maximum atomic E-state index is 12.5. The quantitative estimate of drug-likeness (QED) is 0.750. The maximum Gasteiger partial charge on any atom is 0.281 e. The molecular weight excluding hydrogens is 368 g/mol. The van der Waals surface area contributed by atoms with Gasteiger partial charge >= 0.3 is 0 Å². The fourth-order valence-electron chi connectivity index (χ4n) is 3.06. The van der Waals surface area contributed by atoms with Gasteiger partial charge in [0.2, 0.25) is 5.88 Å². The summed E-state index contributed by atoms with van der Waals surface area (Å²) in [6.07, 6.45) is 4.77. The lowest BCUT2D eigenvalue weighted by molar-refractivity contribution is 0.291. The molecule has 1 fully saturated rings. The molecule has 0 saturated carbocycles. The van der Waals surface area contributed by atoms with E-state index in [2.05, 4.69) is 9.97 Å². The van der Waals surface area contributed by atoms with E-state index in [-0.39, 0.29) is 5.92 Å². The van der Waals surface area contributed by atoms with E-state index in [0.717, 1.165) is 18.6 Å². The Labute approximate surface area is 159 Å². The number of nitrogens with zero attached hydrogens (tertiary/aromatic N) is 4. The highest BCUT2D eigenvalue weighted by atomic mass is 32.2. The lowest BCUT2D eigenvalue weighted by Gasteiger charge is -2.33. The van der Waals surface area contributed by atoms with Gasteiger partial charge in [0.1, 0.15) is 17.2 Å². The van der Waals surface area contributed by atoms with Crippen LogP contribution < -0.4 is 9.47 Å². The molecule has 9 heteroatoms. The largest absolute Gasteiger partial charge is 0.497 e. The molecule has 1 aliphatic rings. The van der Waals surface area contributed by atoms with E-state index < -0.39 is 10.2 Å². The van der Waals surface area contributed by atoms with Crippen molar-refractivity contribution >= 4 is 10.2 Å². The first-order valence-corrected chi connectivity index (χ1v) is 10.1. The number of aromatic nitrogens is 2. The second-order valence-corrected chi connectivity index (χ2v) is 8.65. The summed E-state index contributed by atoms with van der Waals surface area (Å²) in [5.74, 6) is 1.68. The third-order valence-corrected chi connectivity index (χ3v) is 6.43. The average molecular weight is 392 g/mol. The van der Waals surface area contributed by atoms with E-state index in [4.69, 9.17) is 9.47 Å². The molecule has 1 aliphatic heterocycles. The number of benzene rings is 1. The number of ether oxygens (including phenoxy) is 2. The Kier molecular flexibility index (Phi) is 5.93. The summed E-state index contributed by atoms with van der Waals surface area (Å²) < 4.78 is 38.7. The van der Waals surface area contributed by atoms with E-state index in [9.17, 15) is 8.42 Å². The zero-order chi connectivity index (χ0) is 19.4. The van der Waals surface area contributed by atoms with Gasteiger partial charge in [-0.25, -0.2) is 4.98 Å². The van der Waals surface area contributed by atoms with Gasteiger partial charge in [-0.15, -0.1) is 0 Å². The number of hydrogen-bond acceptors (Lipinski definition) is 6. The van der Waals surface area contributed by atoms with E-state index in [0.29, 0.717) is 30.4 Å². The van der Waals surface area contributed by atoms with Crippen molar-refractivity contribution in [1.82, 2.24) is 18.6 Å². The van der Waals surface area contributed by atoms with Crippen LogP contribution in [-0.4, -0.2) is 61.3 Å². The Morgan fingerprint density at radius 1 is 1.11 bits per heavy atom. The molecule has 8 nitrogen and oxygen atoms in total. The van der Waals surface area contributed by atoms with E-state index >= 15 is 0 Å². The number of piperidine rings is 1. The van der Waals surface area contributed by atoms with E-state index in [1.807, 2.05) is 0 Å². The van der Waals surface area contributed by atoms with Crippen LogP contribution in [0.2, 0.25) is 0 Å². The summed E-state index contributed by atoms with van der Waals surface area (Å²) in [6.45, 7) is 0.865. The summed E-state index contributed by atoms with van der Waals surface area (Å²) >= 11 is 0. The molecule has 3 rings (SSSR count). The molecule has 2 aromatic rings. The van der Waals surface area contributed by atoms with Crippen molar-refractivity contribution in [1.29, 1.82) is 0 Å². The highest BCUT2D eigenvalue weighted by Gasteiger charge is 2.33. The monoisotopic (exact) mass is 392 g/mol. The Morgan fingerprint density at radius 2 is 1.78 bits per heavy atom. The third kappa shape index (κ3) is 4.37. The molecule has 1 atom stereocenters. The lowest BCUT2D eigenvalue weighted by Crippen LogP contribution is -2.45. The van der Waals surface area contributed by atoms with E-state index in [1.54, 1.807) is 57.9 Å². The third-order valence-electron chi connectivity index (χ3n) is 4.52. The zero-order valence-electron chi connectivity index (χ0n) is 15.7. The van der Waals surface area contributed by atoms with Gasteiger partial charge < -0.3 is 9.47 Å². The fraction of sp³-hybridized carbons (Fsp3) is 0.444. The van der Waals surface area contributed by atoms with Crippen LogP contribution in [0.25, 0.3) is 0 Å². The molecule has 1 saturated heterocycles. The normalized spacial score (nSPS) is 18.4. The smallest absolute Gasteiger partial charge is 0.281 e. The molecule has 0 spiro atoms.